The van der Waals surface area contributed by atoms with Gasteiger partial charge in [0.25, 0.3) is 0 Å². The zero-order chi connectivity index (χ0) is 21.3. The zero-order valence-corrected chi connectivity index (χ0v) is 16.9. The van der Waals surface area contributed by atoms with E-state index in [1.54, 1.807) is 18.2 Å². The molecule has 0 bridgehead atoms. The number of hydrogen-bond acceptors (Lipinski definition) is 6. The second-order valence-corrected chi connectivity index (χ2v) is 8.89. The van der Waals surface area contributed by atoms with Crippen LogP contribution in [-0.2, 0) is 14.8 Å². The molecule has 0 aliphatic heterocycles. The van der Waals surface area contributed by atoms with Gasteiger partial charge in [-0.25, -0.2) is 22.8 Å². The van der Waals surface area contributed by atoms with Gasteiger partial charge < -0.3 is 11.1 Å². The highest BCUT2D eigenvalue weighted by Gasteiger charge is 2.26. The number of anilines is 1. The lowest BCUT2D eigenvalue weighted by molar-refractivity contribution is -0.116. The Balaban J connectivity index is 2.29. The molecule has 0 radical (unpaired) electrons. The molecule has 0 fully saturated rings. The second kappa shape index (κ2) is 7.63. The first kappa shape index (κ1) is 20.5. The summed E-state index contributed by atoms with van der Waals surface area (Å²) in [5.74, 6) is -1.11. The molecule has 0 aliphatic carbocycles. The molecule has 0 unspecified atom stereocenters. The molecule has 10 heteroatoms. The summed E-state index contributed by atoms with van der Waals surface area (Å²) >= 11 is 0. The van der Waals surface area contributed by atoms with Gasteiger partial charge in [-0.1, -0.05) is 12.1 Å². The number of imidazole rings is 1. The van der Waals surface area contributed by atoms with Crippen molar-refractivity contribution in [1.29, 1.82) is 0 Å². The van der Waals surface area contributed by atoms with Gasteiger partial charge in [0, 0.05) is 18.7 Å². The van der Waals surface area contributed by atoms with Crippen molar-refractivity contribution >= 4 is 38.6 Å². The molecular weight excluding hydrogens is 397 g/mol. The molecule has 2 aromatic heterocycles. The monoisotopic (exact) mass is 417 g/mol. The maximum atomic E-state index is 13.8. The average molecular weight is 417 g/mol. The minimum absolute atomic E-state index is 0.0351. The number of fused-ring (bicyclic) bond motifs is 1. The third-order valence-electron chi connectivity index (χ3n) is 4.27. The van der Waals surface area contributed by atoms with Crippen LogP contribution in [-0.4, -0.2) is 40.6 Å². The van der Waals surface area contributed by atoms with E-state index in [4.69, 9.17) is 5.73 Å². The number of nitrogens with two attached hydrogens (primary N) is 1. The Morgan fingerprint density at radius 1 is 1.24 bits per heavy atom. The van der Waals surface area contributed by atoms with Crippen LogP contribution in [0.4, 0.5) is 10.3 Å². The summed E-state index contributed by atoms with van der Waals surface area (Å²) in [5.41, 5.74) is 7.16. The van der Waals surface area contributed by atoms with Crippen LogP contribution in [0.3, 0.4) is 0 Å². The van der Waals surface area contributed by atoms with Crippen LogP contribution in [0.5, 0.6) is 0 Å². The van der Waals surface area contributed by atoms with Crippen LogP contribution in [0.1, 0.15) is 25.1 Å². The Morgan fingerprint density at radius 2 is 1.97 bits per heavy atom. The number of carbonyl (C=O) groups excluding carboxylic acids is 1. The van der Waals surface area contributed by atoms with Crippen molar-refractivity contribution in [3.8, 4) is 0 Å². The molecule has 3 rings (SSSR count). The van der Waals surface area contributed by atoms with Gasteiger partial charge in [-0.15, -0.1) is 0 Å². The van der Waals surface area contributed by atoms with Crippen molar-refractivity contribution in [2.24, 2.45) is 0 Å². The molecular formula is C19H20FN5O3S. The molecule has 1 amide bonds. The number of amides is 1. The molecule has 0 atom stereocenters. The SMILES string of the molecule is CNC(=O)C=C(c1cccc(F)c1)c1ccc2nc(N)n(S(=O)(=O)C(C)C)c2n1. The third-order valence-corrected chi connectivity index (χ3v) is 6.33. The molecule has 2 heterocycles. The average Bonchev–Trinajstić information content (AvgIpc) is 3.01. The third kappa shape index (κ3) is 3.83. The van der Waals surface area contributed by atoms with Crippen LogP contribution in [0.15, 0.2) is 42.5 Å². The summed E-state index contributed by atoms with van der Waals surface area (Å²) in [5, 5.41) is 1.72. The zero-order valence-electron chi connectivity index (χ0n) is 16.0. The first-order valence-corrected chi connectivity index (χ1v) is 10.2. The molecule has 0 saturated carbocycles. The molecule has 3 N–H and O–H groups in total. The highest BCUT2D eigenvalue weighted by Crippen LogP contribution is 2.27. The highest BCUT2D eigenvalue weighted by molar-refractivity contribution is 7.90. The molecule has 0 aliphatic rings. The Hall–Kier alpha value is -3.27. The fourth-order valence-corrected chi connectivity index (χ4v) is 3.83. The fourth-order valence-electron chi connectivity index (χ4n) is 2.73. The minimum atomic E-state index is -3.82. The lowest BCUT2D eigenvalue weighted by Gasteiger charge is -2.12. The summed E-state index contributed by atoms with van der Waals surface area (Å²) in [7, 11) is -2.36. The van der Waals surface area contributed by atoms with Gasteiger partial charge in [-0.05, 0) is 43.7 Å². The summed E-state index contributed by atoms with van der Waals surface area (Å²) in [6.45, 7) is 3.04. The van der Waals surface area contributed by atoms with Crippen LogP contribution in [0, 0.1) is 5.82 Å². The quantitative estimate of drug-likeness (QED) is 0.612. The van der Waals surface area contributed by atoms with E-state index in [0.717, 1.165) is 3.97 Å². The highest BCUT2D eigenvalue weighted by atomic mass is 32.2. The van der Waals surface area contributed by atoms with Gasteiger partial charge >= 0.3 is 0 Å². The number of benzene rings is 1. The van der Waals surface area contributed by atoms with Crippen molar-refractivity contribution in [2.45, 2.75) is 19.1 Å². The minimum Gasteiger partial charge on any atom is -0.368 e. The Kier molecular flexibility index (Phi) is 5.38. The lowest BCUT2D eigenvalue weighted by Crippen LogP contribution is -2.24. The summed E-state index contributed by atoms with van der Waals surface area (Å²) in [4.78, 5) is 20.5. The molecule has 0 saturated heterocycles. The van der Waals surface area contributed by atoms with Crippen molar-refractivity contribution in [3.63, 3.8) is 0 Å². The number of rotatable bonds is 5. The van der Waals surface area contributed by atoms with Crippen molar-refractivity contribution in [2.75, 3.05) is 12.8 Å². The molecule has 29 heavy (non-hydrogen) atoms. The van der Waals surface area contributed by atoms with Crippen LogP contribution >= 0.6 is 0 Å². The van der Waals surface area contributed by atoms with E-state index < -0.39 is 27.0 Å². The smallest absolute Gasteiger partial charge is 0.245 e. The second-order valence-electron chi connectivity index (χ2n) is 6.55. The number of nitrogens with one attached hydrogen (secondary N) is 1. The number of hydrogen-bond donors (Lipinski definition) is 2. The normalized spacial score (nSPS) is 12.5. The van der Waals surface area contributed by atoms with E-state index in [-0.39, 0.29) is 22.8 Å². The Bertz CT molecular complexity index is 1230. The van der Waals surface area contributed by atoms with E-state index in [1.807, 2.05) is 0 Å². The Morgan fingerprint density at radius 3 is 2.59 bits per heavy atom. The summed E-state index contributed by atoms with van der Waals surface area (Å²) in [6, 6.07) is 8.80. The van der Waals surface area contributed by atoms with Crippen molar-refractivity contribution < 1.29 is 17.6 Å². The van der Waals surface area contributed by atoms with Gasteiger partial charge in [-0.2, -0.15) is 3.97 Å². The predicted octanol–water partition coefficient (Wildman–Crippen LogP) is 1.92. The first-order chi connectivity index (χ1) is 13.6. The number of aromatic nitrogens is 3. The molecule has 1 aromatic carbocycles. The molecule has 152 valence electrons. The predicted molar refractivity (Wildman–Crippen MR) is 109 cm³/mol. The van der Waals surface area contributed by atoms with Crippen LogP contribution in [0.25, 0.3) is 16.7 Å². The first-order valence-electron chi connectivity index (χ1n) is 8.74. The summed E-state index contributed by atoms with van der Waals surface area (Å²) < 4.78 is 40.1. The van der Waals surface area contributed by atoms with Gasteiger partial charge in [0.2, 0.25) is 21.9 Å². The van der Waals surface area contributed by atoms with Crippen LogP contribution in [0.2, 0.25) is 0 Å². The van der Waals surface area contributed by atoms with E-state index >= 15 is 0 Å². The van der Waals surface area contributed by atoms with E-state index in [0.29, 0.717) is 11.1 Å². The van der Waals surface area contributed by atoms with Gasteiger partial charge in [0.1, 0.15) is 11.3 Å². The van der Waals surface area contributed by atoms with Crippen LogP contribution < -0.4 is 11.1 Å². The van der Waals surface area contributed by atoms with Gasteiger partial charge in [-0.3, -0.25) is 4.79 Å². The largest absolute Gasteiger partial charge is 0.368 e. The standard InChI is InChI=1S/C19H20FN5O3S/c1-11(2)29(27,28)25-18-16(24-19(25)21)8-7-15(23-18)14(10-17(26)22-3)12-5-4-6-13(20)9-12/h4-11H,1-3H3,(H2,21,24)(H,22,26). The molecule has 3 aromatic rings. The topological polar surface area (TPSA) is 120 Å². The number of nitrogen functional groups attached to an aromatic ring is 1. The number of nitrogens with zero attached hydrogens (tertiary/aromatic N) is 3. The van der Waals surface area contributed by atoms with E-state index in [9.17, 15) is 17.6 Å². The maximum Gasteiger partial charge on any atom is 0.245 e. The van der Waals surface area contributed by atoms with Gasteiger partial charge in [0.05, 0.1) is 10.9 Å². The number of halogens is 1. The number of carbonyl (C=O) groups is 1. The van der Waals surface area contributed by atoms with Crippen molar-refractivity contribution in [3.05, 3.63) is 59.5 Å². The van der Waals surface area contributed by atoms with E-state index in [2.05, 4.69) is 15.3 Å². The molecule has 0 spiro atoms. The summed E-state index contributed by atoms with van der Waals surface area (Å²) in [6.07, 6.45) is 1.27. The Labute approximate surface area is 167 Å². The van der Waals surface area contributed by atoms with E-state index in [1.165, 1.54) is 45.2 Å². The maximum absolute atomic E-state index is 13.8. The fraction of sp³-hybridized carbons (Fsp3) is 0.211. The lowest BCUT2D eigenvalue weighted by atomic mass is 10.0. The number of likely N-dealkylation sites (N-methyl/N-ethyl adjacent to an activating group) is 1. The van der Waals surface area contributed by atoms with Crippen molar-refractivity contribution in [1.82, 2.24) is 19.3 Å². The van der Waals surface area contributed by atoms with Gasteiger partial charge in [0.15, 0.2) is 5.65 Å². The number of pyridine rings is 1. The molecule has 8 nitrogen and oxygen atoms in total.